The Labute approximate surface area is 154 Å². The second-order valence-electron chi connectivity index (χ2n) is 6.60. The topological polar surface area (TPSA) is 63.7 Å². The first-order valence-corrected chi connectivity index (χ1v) is 10.2. The van der Waals surface area contributed by atoms with E-state index in [1.165, 1.54) is 4.31 Å². The molecule has 0 bridgehead atoms. The number of hydrogen-bond acceptors (Lipinski definition) is 4. The molecule has 0 radical (unpaired) electrons. The zero-order valence-electron chi connectivity index (χ0n) is 15.0. The van der Waals surface area contributed by atoms with Crippen LogP contribution < -0.4 is 4.74 Å². The van der Waals surface area contributed by atoms with Crippen molar-refractivity contribution >= 4 is 15.8 Å². The lowest BCUT2D eigenvalue weighted by Crippen LogP contribution is -2.41. The molecule has 0 amide bonds. The van der Waals surface area contributed by atoms with E-state index in [4.69, 9.17) is 4.74 Å². The van der Waals surface area contributed by atoms with E-state index in [2.05, 4.69) is 0 Å². The molecule has 3 rings (SSSR count). The van der Waals surface area contributed by atoms with Crippen molar-refractivity contribution in [1.29, 1.82) is 0 Å². The smallest absolute Gasteiger partial charge is 0.218 e. The van der Waals surface area contributed by atoms with Gasteiger partial charge in [-0.2, -0.15) is 4.31 Å². The van der Waals surface area contributed by atoms with Crippen LogP contribution in [0, 0.1) is 6.92 Å². The molecule has 0 aliphatic carbocycles. The third-order valence-corrected chi connectivity index (χ3v) is 6.56. The van der Waals surface area contributed by atoms with Gasteiger partial charge < -0.3 is 4.74 Å². The summed E-state index contributed by atoms with van der Waals surface area (Å²) in [5, 5.41) is 0. The first kappa shape index (κ1) is 18.6. The van der Waals surface area contributed by atoms with Gasteiger partial charge in [0.15, 0.2) is 5.78 Å². The minimum atomic E-state index is -3.55. The van der Waals surface area contributed by atoms with Crippen LogP contribution in [0.1, 0.15) is 34.3 Å². The minimum absolute atomic E-state index is 0.0837. The summed E-state index contributed by atoms with van der Waals surface area (Å²) in [4.78, 5) is 12.9. The Morgan fingerprint density at radius 3 is 2.38 bits per heavy atom. The lowest BCUT2D eigenvalue weighted by atomic mass is 10.0. The molecule has 5 nitrogen and oxygen atoms in total. The Morgan fingerprint density at radius 2 is 1.77 bits per heavy atom. The average Bonchev–Trinajstić information content (AvgIpc) is 3.14. The second kappa shape index (κ2) is 7.60. The summed E-state index contributed by atoms with van der Waals surface area (Å²) >= 11 is 0. The maximum atomic E-state index is 12.9. The monoisotopic (exact) mass is 373 g/mol. The molecule has 26 heavy (non-hydrogen) atoms. The van der Waals surface area contributed by atoms with Crippen LogP contribution in [0.2, 0.25) is 0 Å². The van der Waals surface area contributed by atoms with E-state index in [0.29, 0.717) is 30.7 Å². The molecule has 0 spiro atoms. The van der Waals surface area contributed by atoms with Crippen LogP contribution in [0.15, 0.2) is 48.5 Å². The van der Waals surface area contributed by atoms with Gasteiger partial charge in [-0.05, 0) is 49.6 Å². The van der Waals surface area contributed by atoms with Crippen LogP contribution in [0.25, 0.3) is 0 Å². The summed E-state index contributed by atoms with van der Waals surface area (Å²) in [5.74, 6) is 0.425. The van der Waals surface area contributed by atoms with E-state index in [-0.39, 0.29) is 11.5 Å². The molecule has 1 aliphatic heterocycles. The van der Waals surface area contributed by atoms with Crippen molar-refractivity contribution in [2.75, 3.05) is 13.7 Å². The number of sulfonamides is 1. The number of carbonyl (C=O) groups is 1. The molecule has 2 aromatic rings. The van der Waals surface area contributed by atoms with Crippen LogP contribution in [0.4, 0.5) is 0 Å². The van der Waals surface area contributed by atoms with Gasteiger partial charge in [-0.1, -0.05) is 29.8 Å². The standard InChI is InChI=1S/C20H23NO4S/c1-15-5-7-16(8-6-15)14-26(23,24)21-13-3-4-19(21)20(22)17-9-11-18(25-2)12-10-17/h5-12,19H,3-4,13-14H2,1-2H3. The highest BCUT2D eigenvalue weighted by Crippen LogP contribution is 2.27. The maximum Gasteiger partial charge on any atom is 0.218 e. The molecule has 1 fully saturated rings. The van der Waals surface area contributed by atoms with Crippen molar-refractivity contribution in [3.05, 3.63) is 65.2 Å². The number of Topliss-reactive ketones (excluding diaryl/α,β-unsaturated/α-hetero) is 1. The lowest BCUT2D eigenvalue weighted by molar-refractivity contribution is 0.0918. The molecular weight excluding hydrogens is 350 g/mol. The van der Waals surface area contributed by atoms with Crippen LogP contribution in [-0.2, 0) is 15.8 Å². The molecular formula is C20H23NO4S. The second-order valence-corrected chi connectivity index (χ2v) is 8.52. The fourth-order valence-electron chi connectivity index (χ4n) is 3.26. The van der Waals surface area contributed by atoms with Gasteiger partial charge in [0, 0.05) is 12.1 Å². The number of ether oxygens (including phenoxy) is 1. The fraction of sp³-hybridized carbons (Fsp3) is 0.350. The number of ketones is 1. The summed E-state index contributed by atoms with van der Waals surface area (Å²) in [6, 6.07) is 13.6. The number of carbonyl (C=O) groups excluding carboxylic acids is 1. The molecule has 1 aliphatic rings. The van der Waals surface area contributed by atoms with Gasteiger partial charge in [-0.25, -0.2) is 8.42 Å². The molecule has 0 N–H and O–H groups in total. The third kappa shape index (κ3) is 3.97. The molecule has 0 saturated carbocycles. The SMILES string of the molecule is COc1ccc(C(=O)C2CCCN2S(=O)(=O)Cc2ccc(C)cc2)cc1. The van der Waals surface area contributed by atoms with Crippen LogP contribution in [0.5, 0.6) is 5.75 Å². The molecule has 1 saturated heterocycles. The van der Waals surface area contributed by atoms with Gasteiger partial charge in [-0.15, -0.1) is 0 Å². The van der Waals surface area contributed by atoms with Crippen molar-refractivity contribution < 1.29 is 17.9 Å². The van der Waals surface area contributed by atoms with Gasteiger partial charge in [0.1, 0.15) is 5.75 Å². The highest BCUT2D eigenvalue weighted by molar-refractivity contribution is 7.88. The first-order valence-electron chi connectivity index (χ1n) is 8.64. The van der Waals surface area contributed by atoms with E-state index >= 15 is 0 Å². The van der Waals surface area contributed by atoms with E-state index in [0.717, 1.165) is 11.1 Å². The molecule has 1 atom stereocenters. The van der Waals surface area contributed by atoms with E-state index < -0.39 is 16.1 Å². The van der Waals surface area contributed by atoms with Crippen molar-refractivity contribution in [2.45, 2.75) is 31.6 Å². The third-order valence-electron chi connectivity index (χ3n) is 4.71. The molecule has 1 heterocycles. The summed E-state index contributed by atoms with van der Waals surface area (Å²) in [7, 11) is -1.99. The van der Waals surface area contributed by atoms with Gasteiger partial charge in [0.25, 0.3) is 0 Å². The van der Waals surface area contributed by atoms with Gasteiger partial charge in [0.2, 0.25) is 10.0 Å². The number of methoxy groups -OCH3 is 1. The van der Waals surface area contributed by atoms with E-state index in [9.17, 15) is 13.2 Å². The first-order chi connectivity index (χ1) is 12.4. The quantitative estimate of drug-likeness (QED) is 0.730. The molecule has 1 unspecified atom stereocenters. The normalized spacial score (nSPS) is 18.0. The number of benzene rings is 2. The van der Waals surface area contributed by atoms with E-state index in [1.807, 2.05) is 31.2 Å². The lowest BCUT2D eigenvalue weighted by Gasteiger charge is -2.23. The minimum Gasteiger partial charge on any atom is -0.497 e. The molecule has 138 valence electrons. The Bertz CT molecular complexity index is 873. The highest BCUT2D eigenvalue weighted by atomic mass is 32.2. The predicted molar refractivity (Wildman–Crippen MR) is 101 cm³/mol. The largest absolute Gasteiger partial charge is 0.497 e. The summed E-state index contributed by atoms with van der Waals surface area (Å²) < 4.78 is 32.3. The van der Waals surface area contributed by atoms with Crippen molar-refractivity contribution in [2.24, 2.45) is 0 Å². The average molecular weight is 373 g/mol. The number of nitrogens with zero attached hydrogens (tertiary/aromatic N) is 1. The number of hydrogen-bond donors (Lipinski definition) is 0. The van der Waals surface area contributed by atoms with Crippen molar-refractivity contribution in [3.8, 4) is 5.75 Å². The van der Waals surface area contributed by atoms with Crippen LogP contribution in [0.3, 0.4) is 0 Å². The van der Waals surface area contributed by atoms with Gasteiger partial charge >= 0.3 is 0 Å². The molecule has 0 aromatic heterocycles. The Morgan fingerprint density at radius 1 is 1.12 bits per heavy atom. The highest BCUT2D eigenvalue weighted by Gasteiger charge is 2.38. The van der Waals surface area contributed by atoms with Crippen LogP contribution >= 0.6 is 0 Å². The predicted octanol–water partition coefficient (Wildman–Crippen LogP) is 3.18. The summed E-state index contributed by atoms with van der Waals surface area (Å²) in [6.45, 7) is 2.35. The van der Waals surface area contributed by atoms with Gasteiger partial charge in [0.05, 0.1) is 18.9 Å². The zero-order valence-corrected chi connectivity index (χ0v) is 15.8. The fourth-order valence-corrected chi connectivity index (χ4v) is 5.04. The number of aryl methyl sites for hydroxylation is 1. The zero-order chi connectivity index (χ0) is 18.7. The molecule has 6 heteroatoms. The Kier molecular flexibility index (Phi) is 5.44. The van der Waals surface area contributed by atoms with E-state index in [1.54, 1.807) is 31.4 Å². The van der Waals surface area contributed by atoms with Crippen molar-refractivity contribution in [1.82, 2.24) is 4.31 Å². The number of rotatable bonds is 6. The van der Waals surface area contributed by atoms with Crippen LogP contribution in [-0.4, -0.2) is 38.2 Å². The summed E-state index contributed by atoms with van der Waals surface area (Å²) in [6.07, 6.45) is 1.25. The Balaban J connectivity index is 1.79. The van der Waals surface area contributed by atoms with Crippen molar-refractivity contribution in [3.63, 3.8) is 0 Å². The summed E-state index contributed by atoms with van der Waals surface area (Å²) in [5.41, 5.74) is 2.33. The maximum absolute atomic E-state index is 12.9. The Hall–Kier alpha value is -2.18. The van der Waals surface area contributed by atoms with Gasteiger partial charge in [-0.3, -0.25) is 4.79 Å². The molecule has 2 aromatic carbocycles.